The Balaban J connectivity index is 1.31. The fourth-order valence-electron chi connectivity index (χ4n) is 5.09. The molecule has 2 aliphatic rings. The lowest BCUT2D eigenvalue weighted by Gasteiger charge is -2.28. The second-order valence-corrected chi connectivity index (χ2v) is 9.23. The average molecular weight is 399 g/mol. The lowest BCUT2D eigenvalue weighted by molar-refractivity contribution is -0.119. The van der Waals surface area contributed by atoms with Crippen molar-refractivity contribution in [3.63, 3.8) is 0 Å². The molecule has 150 valence electrons. The van der Waals surface area contributed by atoms with Gasteiger partial charge in [-0.05, 0) is 56.4 Å². The van der Waals surface area contributed by atoms with Gasteiger partial charge in [-0.15, -0.1) is 10.2 Å². The summed E-state index contributed by atoms with van der Waals surface area (Å²) in [5.41, 5.74) is 1.22. The number of nitrogens with one attached hydrogen (secondary N) is 1. The first kappa shape index (κ1) is 19.5. The Morgan fingerprint density at radius 3 is 2.75 bits per heavy atom. The highest BCUT2D eigenvalue weighted by molar-refractivity contribution is 7.99. The van der Waals surface area contributed by atoms with Crippen LogP contribution in [0, 0.1) is 17.8 Å². The van der Waals surface area contributed by atoms with Crippen molar-refractivity contribution in [1.29, 1.82) is 0 Å². The van der Waals surface area contributed by atoms with Gasteiger partial charge in [-0.3, -0.25) is 4.79 Å². The second kappa shape index (κ2) is 8.68. The smallest absolute Gasteiger partial charge is 0.230 e. The Bertz CT molecular complexity index is 806. The molecule has 4 rings (SSSR count). The molecule has 4 atom stereocenters. The van der Waals surface area contributed by atoms with E-state index in [1.165, 1.54) is 43.0 Å². The summed E-state index contributed by atoms with van der Waals surface area (Å²) in [5, 5.41) is 12.8. The van der Waals surface area contributed by atoms with Gasteiger partial charge in [0, 0.05) is 19.0 Å². The molecule has 1 heterocycles. The summed E-state index contributed by atoms with van der Waals surface area (Å²) in [6, 6.07) is 10.6. The van der Waals surface area contributed by atoms with Crippen LogP contribution in [0.2, 0.25) is 0 Å². The van der Waals surface area contributed by atoms with Gasteiger partial charge < -0.3 is 9.88 Å². The van der Waals surface area contributed by atoms with Crippen molar-refractivity contribution in [2.75, 3.05) is 5.75 Å². The number of hydrogen-bond acceptors (Lipinski definition) is 4. The van der Waals surface area contributed by atoms with Crippen LogP contribution >= 0.6 is 11.8 Å². The van der Waals surface area contributed by atoms with Gasteiger partial charge >= 0.3 is 0 Å². The molecule has 0 aliphatic heterocycles. The molecule has 2 fully saturated rings. The summed E-state index contributed by atoms with van der Waals surface area (Å²) in [5.74, 6) is 3.87. The molecule has 1 aromatic carbocycles. The molecule has 4 unspecified atom stereocenters. The Morgan fingerprint density at radius 1 is 1.25 bits per heavy atom. The first-order valence-electron chi connectivity index (χ1n) is 10.5. The number of hydrogen-bond donors (Lipinski definition) is 1. The van der Waals surface area contributed by atoms with E-state index in [9.17, 15) is 4.79 Å². The molecule has 2 aliphatic carbocycles. The van der Waals surface area contributed by atoms with E-state index in [4.69, 9.17) is 0 Å². The zero-order chi connectivity index (χ0) is 19.5. The van der Waals surface area contributed by atoms with Crippen molar-refractivity contribution < 1.29 is 4.79 Å². The Morgan fingerprint density at radius 2 is 2.07 bits per heavy atom. The molecule has 2 aromatic rings. The third-order valence-corrected chi connectivity index (χ3v) is 7.44. The molecule has 0 spiro atoms. The Hall–Kier alpha value is -1.82. The predicted molar refractivity (Wildman–Crippen MR) is 112 cm³/mol. The molecule has 6 heteroatoms. The molecule has 1 N–H and O–H groups in total. The van der Waals surface area contributed by atoms with E-state index in [0.717, 1.165) is 35.8 Å². The number of carbonyl (C=O) groups excluding carboxylic acids is 1. The van der Waals surface area contributed by atoms with E-state index in [2.05, 4.69) is 46.1 Å². The minimum atomic E-state index is 0.107. The lowest BCUT2D eigenvalue weighted by Crippen LogP contribution is -2.40. The monoisotopic (exact) mass is 398 g/mol. The number of nitrogens with zero attached hydrogens (tertiary/aromatic N) is 3. The highest BCUT2D eigenvalue weighted by Gasteiger charge is 2.42. The van der Waals surface area contributed by atoms with E-state index in [-0.39, 0.29) is 11.9 Å². The molecular weight excluding hydrogens is 368 g/mol. The Kier molecular flexibility index (Phi) is 6.04. The third kappa shape index (κ3) is 4.27. The SMILES string of the molecule is CCn1c(Cc2ccccc2)nnc1SCC(=O)NC(C)C1CC2CCC1C2. The molecule has 1 amide bonds. The van der Waals surface area contributed by atoms with Crippen molar-refractivity contribution in [1.82, 2.24) is 20.1 Å². The summed E-state index contributed by atoms with van der Waals surface area (Å²) in [4.78, 5) is 12.5. The van der Waals surface area contributed by atoms with Crippen molar-refractivity contribution in [2.24, 2.45) is 17.8 Å². The van der Waals surface area contributed by atoms with E-state index in [1.807, 2.05) is 18.2 Å². The summed E-state index contributed by atoms with van der Waals surface area (Å²) in [7, 11) is 0. The minimum Gasteiger partial charge on any atom is -0.353 e. The maximum absolute atomic E-state index is 12.5. The number of aromatic nitrogens is 3. The van der Waals surface area contributed by atoms with Crippen LogP contribution in [0.4, 0.5) is 0 Å². The third-order valence-electron chi connectivity index (χ3n) is 6.47. The summed E-state index contributed by atoms with van der Waals surface area (Å²) in [6.45, 7) is 5.08. The predicted octanol–water partition coefficient (Wildman–Crippen LogP) is 3.92. The molecule has 0 radical (unpaired) electrons. The van der Waals surface area contributed by atoms with Gasteiger partial charge in [-0.2, -0.15) is 0 Å². The van der Waals surface area contributed by atoms with Gasteiger partial charge in [0.25, 0.3) is 0 Å². The first-order chi connectivity index (χ1) is 13.6. The van der Waals surface area contributed by atoms with Gasteiger partial charge in [0.05, 0.1) is 5.75 Å². The lowest BCUT2D eigenvalue weighted by atomic mass is 9.84. The maximum atomic E-state index is 12.5. The van der Waals surface area contributed by atoms with Crippen molar-refractivity contribution >= 4 is 17.7 Å². The summed E-state index contributed by atoms with van der Waals surface area (Å²) >= 11 is 1.49. The van der Waals surface area contributed by atoms with Crippen LogP contribution in [0.25, 0.3) is 0 Å². The molecule has 5 nitrogen and oxygen atoms in total. The molecule has 1 aromatic heterocycles. The van der Waals surface area contributed by atoms with Gasteiger partial charge in [-0.25, -0.2) is 0 Å². The topological polar surface area (TPSA) is 59.8 Å². The first-order valence-corrected chi connectivity index (χ1v) is 11.5. The van der Waals surface area contributed by atoms with Crippen LogP contribution in [0.5, 0.6) is 0 Å². The Labute approximate surface area is 171 Å². The van der Waals surface area contributed by atoms with Gasteiger partial charge in [-0.1, -0.05) is 48.5 Å². The zero-order valence-corrected chi connectivity index (χ0v) is 17.6. The molecular formula is C22H30N4OS. The van der Waals surface area contributed by atoms with Gasteiger partial charge in [0.1, 0.15) is 5.82 Å². The molecule has 0 saturated heterocycles. The van der Waals surface area contributed by atoms with Crippen LogP contribution in [-0.2, 0) is 17.8 Å². The van der Waals surface area contributed by atoms with Crippen molar-refractivity contribution in [3.8, 4) is 0 Å². The molecule has 28 heavy (non-hydrogen) atoms. The number of benzene rings is 1. The van der Waals surface area contributed by atoms with E-state index in [0.29, 0.717) is 11.7 Å². The number of thioether (sulfide) groups is 1. The van der Waals surface area contributed by atoms with Crippen LogP contribution in [-0.4, -0.2) is 32.5 Å². The number of rotatable bonds is 8. The minimum absolute atomic E-state index is 0.107. The molecule has 2 bridgehead atoms. The molecule has 2 saturated carbocycles. The van der Waals surface area contributed by atoms with E-state index in [1.54, 1.807) is 0 Å². The summed E-state index contributed by atoms with van der Waals surface area (Å²) < 4.78 is 2.12. The number of fused-ring (bicyclic) bond motifs is 2. The van der Waals surface area contributed by atoms with Crippen LogP contribution in [0.3, 0.4) is 0 Å². The summed E-state index contributed by atoms with van der Waals surface area (Å²) in [6.07, 6.45) is 6.19. The quantitative estimate of drug-likeness (QED) is 0.685. The maximum Gasteiger partial charge on any atom is 0.230 e. The highest BCUT2D eigenvalue weighted by Crippen LogP contribution is 2.49. The fourth-order valence-corrected chi connectivity index (χ4v) is 5.92. The van der Waals surface area contributed by atoms with E-state index >= 15 is 0 Å². The van der Waals surface area contributed by atoms with Crippen LogP contribution in [0.15, 0.2) is 35.5 Å². The normalized spacial score (nSPS) is 24.4. The van der Waals surface area contributed by atoms with Crippen molar-refractivity contribution in [3.05, 3.63) is 41.7 Å². The number of amides is 1. The van der Waals surface area contributed by atoms with Gasteiger partial charge in [0.15, 0.2) is 5.16 Å². The van der Waals surface area contributed by atoms with Crippen LogP contribution in [0.1, 0.15) is 50.9 Å². The van der Waals surface area contributed by atoms with Crippen molar-refractivity contribution in [2.45, 2.75) is 63.7 Å². The largest absolute Gasteiger partial charge is 0.353 e. The van der Waals surface area contributed by atoms with Gasteiger partial charge in [0.2, 0.25) is 5.91 Å². The number of carbonyl (C=O) groups is 1. The average Bonchev–Trinajstić information content (AvgIpc) is 3.43. The second-order valence-electron chi connectivity index (χ2n) is 8.29. The highest BCUT2D eigenvalue weighted by atomic mass is 32.2. The fraction of sp³-hybridized carbons (Fsp3) is 0.591. The van der Waals surface area contributed by atoms with Crippen LogP contribution < -0.4 is 5.32 Å². The van der Waals surface area contributed by atoms with E-state index < -0.39 is 0 Å². The standard InChI is InChI=1S/C22H30N4OS/c1-3-26-20(13-16-7-5-4-6-8-16)24-25-22(26)28-14-21(27)23-15(2)19-12-17-9-10-18(19)11-17/h4-8,15,17-19H,3,9-14H2,1-2H3,(H,23,27). The zero-order valence-electron chi connectivity index (χ0n) is 16.8.